The van der Waals surface area contributed by atoms with E-state index >= 15 is 0 Å². The number of carbonyl (C=O) groups excluding carboxylic acids is 1. The van der Waals surface area contributed by atoms with Gasteiger partial charge < -0.3 is 20.1 Å². The lowest BCUT2D eigenvalue weighted by Crippen LogP contribution is -2.41. The van der Waals surface area contributed by atoms with Gasteiger partial charge in [-0.3, -0.25) is 4.79 Å². The van der Waals surface area contributed by atoms with Crippen LogP contribution in [-0.4, -0.2) is 51.5 Å². The molecule has 2 N–H and O–H groups in total. The van der Waals surface area contributed by atoms with Crippen molar-refractivity contribution >= 4 is 5.91 Å². The molecule has 0 aromatic heterocycles. The number of carbonyl (C=O) groups is 1. The molecule has 2 aliphatic heterocycles. The zero-order valence-corrected chi connectivity index (χ0v) is 12.0. The lowest BCUT2D eigenvalue weighted by atomic mass is 9.89. The van der Waals surface area contributed by atoms with E-state index < -0.39 is 0 Å². The van der Waals surface area contributed by atoms with Crippen molar-refractivity contribution in [3.8, 4) is 0 Å². The van der Waals surface area contributed by atoms with Crippen LogP contribution in [0.3, 0.4) is 0 Å². The summed E-state index contributed by atoms with van der Waals surface area (Å²) in [5.74, 6) is 0.687. The number of hydrogen-bond acceptors (Lipinski definition) is 4. The Hall–Kier alpha value is -0.650. The van der Waals surface area contributed by atoms with Gasteiger partial charge in [-0.15, -0.1) is 0 Å². The van der Waals surface area contributed by atoms with Crippen LogP contribution >= 0.6 is 0 Å². The third-order valence-electron chi connectivity index (χ3n) is 4.26. The fourth-order valence-corrected chi connectivity index (χ4v) is 3.30. The summed E-state index contributed by atoms with van der Waals surface area (Å²) in [6.45, 7) is 1.04. The Morgan fingerprint density at radius 1 is 1.32 bits per heavy atom. The number of methoxy groups -OCH3 is 2. The Labute approximate surface area is 115 Å². The summed E-state index contributed by atoms with van der Waals surface area (Å²) in [5.41, 5.74) is 0. The van der Waals surface area contributed by atoms with Crippen LogP contribution in [0.2, 0.25) is 0 Å². The van der Waals surface area contributed by atoms with E-state index in [0.717, 1.165) is 12.8 Å². The average Bonchev–Trinajstić information content (AvgIpc) is 2.74. The third-order valence-corrected chi connectivity index (χ3v) is 4.26. The van der Waals surface area contributed by atoms with E-state index in [9.17, 15) is 4.79 Å². The van der Waals surface area contributed by atoms with Crippen LogP contribution in [0.25, 0.3) is 0 Å². The highest BCUT2D eigenvalue weighted by atomic mass is 16.5. The van der Waals surface area contributed by atoms with Crippen molar-refractivity contribution in [2.45, 2.75) is 50.3 Å². The van der Waals surface area contributed by atoms with Crippen molar-refractivity contribution in [3.63, 3.8) is 0 Å². The maximum absolute atomic E-state index is 11.9. The Morgan fingerprint density at radius 2 is 2.00 bits per heavy atom. The van der Waals surface area contributed by atoms with Crippen molar-refractivity contribution in [2.24, 2.45) is 5.92 Å². The van der Waals surface area contributed by atoms with Gasteiger partial charge in [-0.05, 0) is 31.6 Å². The molecule has 3 unspecified atom stereocenters. The molecule has 3 atom stereocenters. The molecule has 19 heavy (non-hydrogen) atoms. The molecular formula is C14H26N2O3. The Morgan fingerprint density at radius 3 is 2.58 bits per heavy atom. The SMILES string of the molecule is COCC(CNC(=O)CC1CC2CCC(C1)N2)OC. The van der Waals surface area contributed by atoms with E-state index in [-0.39, 0.29) is 12.0 Å². The molecular weight excluding hydrogens is 244 g/mol. The molecule has 5 heteroatoms. The molecule has 0 radical (unpaired) electrons. The lowest BCUT2D eigenvalue weighted by Gasteiger charge is -2.28. The molecule has 110 valence electrons. The molecule has 0 saturated carbocycles. The molecule has 0 aromatic rings. The Bertz CT molecular complexity index is 286. The number of hydrogen-bond donors (Lipinski definition) is 2. The summed E-state index contributed by atoms with van der Waals surface area (Å²) in [6.07, 6.45) is 5.45. The molecule has 2 bridgehead atoms. The first-order valence-electron chi connectivity index (χ1n) is 7.25. The van der Waals surface area contributed by atoms with Crippen molar-refractivity contribution in [3.05, 3.63) is 0 Å². The van der Waals surface area contributed by atoms with Gasteiger partial charge in [-0.2, -0.15) is 0 Å². The van der Waals surface area contributed by atoms with Crippen LogP contribution in [0.15, 0.2) is 0 Å². The molecule has 2 rings (SSSR count). The Balaban J connectivity index is 1.66. The summed E-state index contributed by atoms with van der Waals surface area (Å²) in [7, 11) is 3.28. The molecule has 5 nitrogen and oxygen atoms in total. The zero-order valence-electron chi connectivity index (χ0n) is 12.0. The minimum absolute atomic E-state index is 0.0573. The minimum Gasteiger partial charge on any atom is -0.382 e. The molecule has 2 saturated heterocycles. The van der Waals surface area contributed by atoms with Crippen molar-refractivity contribution in [1.29, 1.82) is 0 Å². The number of nitrogens with one attached hydrogen (secondary N) is 2. The van der Waals surface area contributed by atoms with Gasteiger partial charge >= 0.3 is 0 Å². The maximum Gasteiger partial charge on any atom is 0.220 e. The molecule has 2 heterocycles. The van der Waals surface area contributed by atoms with E-state index in [4.69, 9.17) is 9.47 Å². The number of ether oxygens (including phenoxy) is 2. The van der Waals surface area contributed by atoms with Gasteiger partial charge in [0.2, 0.25) is 5.91 Å². The molecule has 0 aromatic carbocycles. The first-order chi connectivity index (χ1) is 9.21. The fraction of sp³-hybridized carbons (Fsp3) is 0.929. The predicted octanol–water partition coefficient (Wildman–Crippen LogP) is 0.685. The van der Waals surface area contributed by atoms with Gasteiger partial charge in [-0.1, -0.05) is 0 Å². The van der Waals surface area contributed by atoms with Crippen LogP contribution in [0.4, 0.5) is 0 Å². The van der Waals surface area contributed by atoms with Gasteiger partial charge in [0.1, 0.15) is 0 Å². The summed E-state index contributed by atoms with van der Waals surface area (Å²) in [6, 6.07) is 1.30. The van der Waals surface area contributed by atoms with Gasteiger partial charge in [-0.25, -0.2) is 0 Å². The lowest BCUT2D eigenvalue weighted by molar-refractivity contribution is -0.123. The predicted molar refractivity (Wildman–Crippen MR) is 73.0 cm³/mol. The van der Waals surface area contributed by atoms with Gasteiger partial charge in [0, 0.05) is 39.3 Å². The van der Waals surface area contributed by atoms with Gasteiger partial charge in [0.25, 0.3) is 0 Å². The fourth-order valence-electron chi connectivity index (χ4n) is 3.30. The third kappa shape index (κ3) is 4.44. The first kappa shape index (κ1) is 14.8. The number of amides is 1. The summed E-state index contributed by atoms with van der Waals surface area (Å²) >= 11 is 0. The van der Waals surface area contributed by atoms with E-state index in [2.05, 4.69) is 10.6 Å². The standard InChI is InChI=1S/C14H26N2O3/c1-18-9-13(19-2)8-15-14(17)7-10-5-11-3-4-12(6-10)16-11/h10-13,16H,3-9H2,1-2H3,(H,15,17). The zero-order chi connectivity index (χ0) is 13.7. The minimum atomic E-state index is -0.0573. The van der Waals surface area contributed by atoms with Crippen LogP contribution in [-0.2, 0) is 14.3 Å². The second-order valence-corrected chi connectivity index (χ2v) is 5.80. The molecule has 0 aliphatic carbocycles. The summed E-state index contributed by atoms with van der Waals surface area (Å²) < 4.78 is 10.3. The normalized spacial score (nSPS) is 31.2. The van der Waals surface area contributed by atoms with Crippen molar-refractivity contribution in [2.75, 3.05) is 27.4 Å². The molecule has 2 aliphatic rings. The van der Waals surface area contributed by atoms with Gasteiger partial charge in [0.05, 0.1) is 12.7 Å². The smallest absolute Gasteiger partial charge is 0.220 e. The summed E-state index contributed by atoms with van der Waals surface area (Å²) in [4.78, 5) is 11.9. The van der Waals surface area contributed by atoms with E-state index in [1.54, 1.807) is 14.2 Å². The number of rotatable bonds is 7. The monoisotopic (exact) mass is 270 g/mol. The highest BCUT2D eigenvalue weighted by molar-refractivity contribution is 5.76. The van der Waals surface area contributed by atoms with Crippen LogP contribution in [0, 0.1) is 5.92 Å². The highest BCUT2D eigenvalue weighted by Gasteiger charge is 2.34. The summed E-state index contributed by atoms with van der Waals surface area (Å²) in [5, 5.41) is 6.55. The van der Waals surface area contributed by atoms with E-state index in [1.807, 2.05) is 0 Å². The van der Waals surface area contributed by atoms with Crippen molar-refractivity contribution in [1.82, 2.24) is 10.6 Å². The highest BCUT2D eigenvalue weighted by Crippen LogP contribution is 2.32. The molecule has 0 spiro atoms. The van der Waals surface area contributed by atoms with Crippen LogP contribution in [0.5, 0.6) is 0 Å². The van der Waals surface area contributed by atoms with Gasteiger partial charge in [0.15, 0.2) is 0 Å². The number of fused-ring (bicyclic) bond motifs is 2. The Kier molecular flexibility index (Phi) is 5.60. The quantitative estimate of drug-likeness (QED) is 0.714. The second-order valence-electron chi connectivity index (χ2n) is 5.80. The largest absolute Gasteiger partial charge is 0.382 e. The molecule has 1 amide bonds. The van der Waals surface area contributed by atoms with Crippen LogP contribution < -0.4 is 10.6 Å². The average molecular weight is 270 g/mol. The molecule has 2 fully saturated rings. The second kappa shape index (κ2) is 7.22. The topological polar surface area (TPSA) is 59.6 Å². The first-order valence-corrected chi connectivity index (χ1v) is 7.25. The van der Waals surface area contributed by atoms with E-state index in [1.165, 1.54) is 12.8 Å². The number of piperidine rings is 1. The van der Waals surface area contributed by atoms with Crippen LogP contribution in [0.1, 0.15) is 32.1 Å². The van der Waals surface area contributed by atoms with E-state index in [0.29, 0.717) is 37.6 Å². The maximum atomic E-state index is 11.9. The van der Waals surface area contributed by atoms with Crippen molar-refractivity contribution < 1.29 is 14.3 Å².